The summed E-state index contributed by atoms with van der Waals surface area (Å²) in [5.41, 5.74) is 1.14. The van der Waals surface area contributed by atoms with Gasteiger partial charge in [-0.3, -0.25) is 0 Å². The SMILES string of the molecule is CCCNC(C)c1ccccc1OCc1noc(CC)n1. The van der Waals surface area contributed by atoms with E-state index in [1.54, 1.807) is 0 Å². The van der Waals surface area contributed by atoms with Crippen LogP contribution in [0.5, 0.6) is 5.75 Å². The highest BCUT2D eigenvalue weighted by atomic mass is 16.5. The molecule has 1 N–H and O–H groups in total. The predicted octanol–water partition coefficient (Wildman–Crippen LogP) is 3.27. The molecule has 0 saturated heterocycles. The molecule has 1 atom stereocenters. The van der Waals surface area contributed by atoms with Crippen molar-refractivity contribution in [3.63, 3.8) is 0 Å². The minimum atomic E-state index is 0.248. The lowest BCUT2D eigenvalue weighted by Gasteiger charge is -2.17. The number of nitrogens with zero attached hydrogens (tertiary/aromatic N) is 2. The van der Waals surface area contributed by atoms with E-state index in [0.29, 0.717) is 18.3 Å². The average molecular weight is 289 g/mol. The molecule has 0 saturated carbocycles. The van der Waals surface area contributed by atoms with E-state index in [1.807, 2.05) is 25.1 Å². The van der Waals surface area contributed by atoms with Gasteiger partial charge in [-0.15, -0.1) is 0 Å². The minimum Gasteiger partial charge on any atom is -0.485 e. The lowest BCUT2D eigenvalue weighted by molar-refractivity contribution is 0.280. The number of ether oxygens (including phenoxy) is 1. The van der Waals surface area contributed by atoms with Crippen LogP contribution < -0.4 is 10.1 Å². The van der Waals surface area contributed by atoms with E-state index in [9.17, 15) is 0 Å². The Morgan fingerprint density at radius 3 is 2.81 bits per heavy atom. The summed E-state index contributed by atoms with van der Waals surface area (Å²) in [5.74, 6) is 2.08. The molecule has 1 aromatic heterocycles. The van der Waals surface area contributed by atoms with Gasteiger partial charge in [-0.2, -0.15) is 4.98 Å². The van der Waals surface area contributed by atoms with Crippen LogP contribution in [0.2, 0.25) is 0 Å². The third-order valence-corrected chi connectivity index (χ3v) is 3.26. The van der Waals surface area contributed by atoms with E-state index < -0.39 is 0 Å². The summed E-state index contributed by atoms with van der Waals surface area (Å²) in [7, 11) is 0. The number of hydrogen-bond donors (Lipinski definition) is 1. The summed E-state index contributed by atoms with van der Waals surface area (Å²) in [6.07, 6.45) is 1.84. The molecular weight excluding hydrogens is 266 g/mol. The van der Waals surface area contributed by atoms with Crippen LogP contribution in [-0.4, -0.2) is 16.7 Å². The summed E-state index contributed by atoms with van der Waals surface area (Å²) in [6.45, 7) is 7.58. The van der Waals surface area contributed by atoms with Gasteiger partial charge >= 0.3 is 0 Å². The van der Waals surface area contributed by atoms with Gasteiger partial charge in [-0.1, -0.05) is 37.2 Å². The van der Waals surface area contributed by atoms with Crippen molar-refractivity contribution >= 4 is 0 Å². The average Bonchev–Trinajstić information content (AvgIpc) is 2.99. The van der Waals surface area contributed by atoms with Gasteiger partial charge in [0.2, 0.25) is 11.7 Å². The number of aromatic nitrogens is 2. The number of rotatable bonds is 8. The van der Waals surface area contributed by atoms with Crippen LogP contribution in [0.1, 0.15) is 50.5 Å². The monoisotopic (exact) mass is 289 g/mol. The van der Waals surface area contributed by atoms with Gasteiger partial charge in [0, 0.05) is 18.0 Å². The van der Waals surface area contributed by atoms with Crippen LogP contribution in [-0.2, 0) is 13.0 Å². The first kappa shape index (κ1) is 15.5. The highest BCUT2D eigenvalue weighted by Crippen LogP contribution is 2.25. The maximum absolute atomic E-state index is 5.86. The van der Waals surface area contributed by atoms with Crippen molar-refractivity contribution < 1.29 is 9.26 Å². The Kier molecular flexibility index (Phi) is 5.75. The third-order valence-electron chi connectivity index (χ3n) is 3.26. The van der Waals surface area contributed by atoms with Crippen LogP contribution >= 0.6 is 0 Å². The smallest absolute Gasteiger partial charge is 0.226 e. The van der Waals surface area contributed by atoms with Gasteiger partial charge in [-0.05, 0) is 26.0 Å². The molecule has 0 aliphatic heterocycles. The molecular formula is C16H23N3O2. The van der Waals surface area contributed by atoms with Crippen molar-refractivity contribution in [2.24, 2.45) is 0 Å². The Hall–Kier alpha value is -1.88. The van der Waals surface area contributed by atoms with Crippen molar-refractivity contribution in [2.45, 2.75) is 46.3 Å². The molecule has 5 heteroatoms. The molecule has 0 amide bonds. The summed E-state index contributed by atoms with van der Waals surface area (Å²) in [5, 5.41) is 7.37. The molecule has 21 heavy (non-hydrogen) atoms. The fraction of sp³-hybridized carbons (Fsp3) is 0.500. The number of aryl methyl sites for hydroxylation is 1. The molecule has 5 nitrogen and oxygen atoms in total. The first-order valence-electron chi connectivity index (χ1n) is 7.51. The molecule has 1 unspecified atom stereocenters. The van der Waals surface area contributed by atoms with Crippen molar-refractivity contribution in [1.82, 2.24) is 15.5 Å². The van der Waals surface area contributed by atoms with E-state index in [0.717, 1.165) is 30.7 Å². The molecule has 1 aromatic carbocycles. The molecule has 0 bridgehead atoms. The van der Waals surface area contributed by atoms with Gasteiger partial charge in [0.1, 0.15) is 5.75 Å². The maximum atomic E-state index is 5.86. The normalized spacial score (nSPS) is 12.3. The second-order valence-corrected chi connectivity index (χ2v) is 4.96. The molecule has 2 aromatic rings. The van der Waals surface area contributed by atoms with E-state index in [1.165, 1.54) is 0 Å². The zero-order chi connectivity index (χ0) is 15.1. The van der Waals surface area contributed by atoms with Crippen molar-refractivity contribution in [1.29, 1.82) is 0 Å². The molecule has 2 rings (SSSR count). The van der Waals surface area contributed by atoms with Gasteiger partial charge in [0.25, 0.3) is 0 Å². The molecule has 0 fully saturated rings. The van der Waals surface area contributed by atoms with Crippen molar-refractivity contribution in [2.75, 3.05) is 6.54 Å². The molecule has 0 aliphatic carbocycles. The van der Waals surface area contributed by atoms with Gasteiger partial charge in [0.15, 0.2) is 6.61 Å². The van der Waals surface area contributed by atoms with Gasteiger partial charge in [0.05, 0.1) is 0 Å². The summed E-state index contributed by atoms with van der Waals surface area (Å²) >= 11 is 0. The van der Waals surface area contributed by atoms with E-state index in [2.05, 4.69) is 35.4 Å². The number of para-hydroxylation sites is 1. The second-order valence-electron chi connectivity index (χ2n) is 4.96. The van der Waals surface area contributed by atoms with Crippen LogP contribution in [0, 0.1) is 0 Å². The zero-order valence-electron chi connectivity index (χ0n) is 12.9. The largest absolute Gasteiger partial charge is 0.485 e. The molecule has 0 spiro atoms. The van der Waals surface area contributed by atoms with Crippen LogP contribution in [0.25, 0.3) is 0 Å². The lowest BCUT2D eigenvalue weighted by atomic mass is 10.1. The molecule has 0 aliphatic rings. The van der Waals surface area contributed by atoms with Crippen LogP contribution in [0.3, 0.4) is 0 Å². The van der Waals surface area contributed by atoms with E-state index in [4.69, 9.17) is 9.26 Å². The van der Waals surface area contributed by atoms with E-state index in [-0.39, 0.29) is 6.04 Å². The topological polar surface area (TPSA) is 60.2 Å². The number of hydrogen-bond acceptors (Lipinski definition) is 5. The second kappa shape index (κ2) is 7.78. The molecule has 0 radical (unpaired) electrons. The van der Waals surface area contributed by atoms with Crippen molar-refractivity contribution in [3.05, 3.63) is 41.5 Å². The van der Waals surface area contributed by atoms with Crippen LogP contribution in [0.4, 0.5) is 0 Å². The standard InChI is InChI=1S/C16H23N3O2/c1-4-10-17-12(3)13-8-6-7-9-14(13)20-11-15-18-16(5-2)21-19-15/h6-9,12,17H,4-5,10-11H2,1-3H3. The summed E-state index contributed by atoms with van der Waals surface area (Å²) in [4.78, 5) is 4.25. The highest BCUT2D eigenvalue weighted by Gasteiger charge is 2.12. The van der Waals surface area contributed by atoms with Gasteiger partial charge < -0.3 is 14.6 Å². The zero-order valence-corrected chi connectivity index (χ0v) is 12.9. The minimum absolute atomic E-state index is 0.248. The molecule has 114 valence electrons. The Bertz CT molecular complexity index is 554. The number of benzene rings is 1. The van der Waals surface area contributed by atoms with Crippen LogP contribution in [0.15, 0.2) is 28.8 Å². The first-order chi connectivity index (χ1) is 10.2. The number of nitrogens with one attached hydrogen (secondary N) is 1. The first-order valence-corrected chi connectivity index (χ1v) is 7.51. The van der Waals surface area contributed by atoms with Crippen molar-refractivity contribution in [3.8, 4) is 5.75 Å². The fourth-order valence-electron chi connectivity index (χ4n) is 2.08. The molecule has 1 heterocycles. The van der Waals surface area contributed by atoms with E-state index >= 15 is 0 Å². The maximum Gasteiger partial charge on any atom is 0.226 e. The lowest BCUT2D eigenvalue weighted by Crippen LogP contribution is -2.20. The Morgan fingerprint density at radius 1 is 1.29 bits per heavy atom. The summed E-state index contributed by atoms with van der Waals surface area (Å²) < 4.78 is 10.9. The Labute approximate surface area is 125 Å². The highest BCUT2D eigenvalue weighted by molar-refractivity contribution is 5.35. The Morgan fingerprint density at radius 2 is 2.10 bits per heavy atom. The Balaban J connectivity index is 2.02. The fourth-order valence-corrected chi connectivity index (χ4v) is 2.08. The summed E-state index contributed by atoms with van der Waals surface area (Å²) in [6, 6.07) is 8.29. The van der Waals surface area contributed by atoms with Gasteiger partial charge in [-0.25, -0.2) is 0 Å². The third kappa shape index (κ3) is 4.29. The predicted molar refractivity (Wildman–Crippen MR) is 81.2 cm³/mol. The quantitative estimate of drug-likeness (QED) is 0.808.